The molecule has 0 radical (unpaired) electrons. The molecule has 0 aliphatic carbocycles. The van der Waals surface area contributed by atoms with E-state index < -0.39 is 0 Å². The lowest BCUT2D eigenvalue weighted by Gasteiger charge is -2.01. The molecule has 0 unspecified atom stereocenters. The second kappa shape index (κ2) is 5.17. The van der Waals surface area contributed by atoms with E-state index in [1.807, 2.05) is 54.6 Å². The van der Waals surface area contributed by atoms with Gasteiger partial charge in [0, 0.05) is 11.6 Å². The van der Waals surface area contributed by atoms with Gasteiger partial charge in [0.25, 0.3) is 0 Å². The lowest BCUT2D eigenvalue weighted by Crippen LogP contribution is -2.03. The molecule has 0 aliphatic heterocycles. The van der Waals surface area contributed by atoms with Crippen molar-refractivity contribution in [3.8, 4) is 23.0 Å². The van der Waals surface area contributed by atoms with Crippen molar-refractivity contribution in [2.75, 3.05) is 12.8 Å². The third kappa shape index (κ3) is 2.30. The summed E-state index contributed by atoms with van der Waals surface area (Å²) in [6, 6.07) is 17.3. The molecule has 2 heterocycles. The number of fused-ring (bicyclic) bond motifs is 1. The van der Waals surface area contributed by atoms with Gasteiger partial charge in [0.15, 0.2) is 0 Å². The van der Waals surface area contributed by atoms with Crippen LogP contribution in [0.2, 0.25) is 0 Å². The van der Waals surface area contributed by atoms with Gasteiger partial charge < -0.3 is 15.5 Å². The SMILES string of the molecule is COc1cccc(-c2cc(N)n(-c3nc4ccccc4[nH]3)n2)c1. The number of nitrogens with zero attached hydrogens (tertiary/aromatic N) is 3. The lowest BCUT2D eigenvalue weighted by atomic mass is 10.1. The van der Waals surface area contributed by atoms with E-state index >= 15 is 0 Å². The summed E-state index contributed by atoms with van der Waals surface area (Å²) in [6.45, 7) is 0. The maximum atomic E-state index is 6.11. The number of para-hydroxylation sites is 2. The Hall–Kier alpha value is -3.28. The lowest BCUT2D eigenvalue weighted by molar-refractivity contribution is 0.415. The molecule has 4 rings (SSSR count). The van der Waals surface area contributed by atoms with E-state index in [1.54, 1.807) is 11.8 Å². The zero-order valence-electron chi connectivity index (χ0n) is 12.5. The number of nitrogen functional groups attached to an aromatic ring is 1. The second-order valence-electron chi connectivity index (χ2n) is 5.18. The fourth-order valence-electron chi connectivity index (χ4n) is 2.53. The fraction of sp³-hybridized carbons (Fsp3) is 0.0588. The molecule has 0 saturated heterocycles. The zero-order chi connectivity index (χ0) is 15.8. The Bertz CT molecular complexity index is 952. The second-order valence-corrected chi connectivity index (χ2v) is 5.18. The topological polar surface area (TPSA) is 81.8 Å². The van der Waals surface area contributed by atoms with Gasteiger partial charge in [-0.05, 0) is 24.3 Å². The number of anilines is 1. The summed E-state index contributed by atoms with van der Waals surface area (Å²) in [5.74, 6) is 1.89. The standard InChI is InChI=1S/C17H15N5O/c1-23-12-6-4-5-11(9-12)15-10-16(18)22(21-15)17-19-13-7-2-3-8-14(13)20-17/h2-10H,18H2,1H3,(H,19,20). The molecule has 0 saturated carbocycles. The van der Waals surface area contributed by atoms with Gasteiger partial charge >= 0.3 is 0 Å². The van der Waals surface area contributed by atoms with Crippen LogP contribution in [0.1, 0.15) is 0 Å². The van der Waals surface area contributed by atoms with Gasteiger partial charge in [-0.2, -0.15) is 9.78 Å². The van der Waals surface area contributed by atoms with Crippen molar-refractivity contribution in [1.82, 2.24) is 19.7 Å². The van der Waals surface area contributed by atoms with E-state index in [9.17, 15) is 0 Å². The quantitative estimate of drug-likeness (QED) is 0.609. The molecular formula is C17H15N5O. The molecule has 114 valence electrons. The fourth-order valence-corrected chi connectivity index (χ4v) is 2.53. The zero-order valence-corrected chi connectivity index (χ0v) is 12.5. The van der Waals surface area contributed by atoms with Gasteiger partial charge in [-0.1, -0.05) is 24.3 Å². The number of aromatic amines is 1. The van der Waals surface area contributed by atoms with Crippen LogP contribution in [-0.4, -0.2) is 26.9 Å². The molecule has 3 N–H and O–H groups in total. The van der Waals surface area contributed by atoms with E-state index in [2.05, 4.69) is 15.1 Å². The first-order valence-corrected chi connectivity index (χ1v) is 7.20. The number of benzene rings is 2. The van der Waals surface area contributed by atoms with Crippen molar-refractivity contribution < 1.29 is 4.74 Å². The molecule has 6 nitrogen and oxygen atoms in total. The van der Waals surface area contributed by atoms with E-state index in [1.165, 1.54) is 0 Å². The van der Waals surface area contributed by atoms with Crippen molar-refractivity contribution in [1.29, 1.82) is 0 Å². The molecule has 0 atom stereocenters. The first kappa shape index (κ1) is 13.4. The Kier molecular flexibility index (Phi) is 3.01. The summed E-state index contributed by atoms with van der Waals surface area (Å²) < 4.78 is 6.86. The number of hydrogen-bond acceptors (Lipinski definition) is 4. The van der Waals surface area contributed by atoms with Crippen LogP contribution in [0.3, 0.4) is 0 Å². The van der Waals surface area contributed by atoms with Gasteiger partial charge in [-0.15, -0.1) is 0 Å². The Balaban J connectivity index is 1.80. The highest BCUT2D eigenvalue weighted by Gasteiger charge is 2.12. The average molecular weight is 305 g/mol. The normalized spacial score (nSPS) is 11.0. The van der Waals surface area contributed by atoms with Crippen molar-refractivity contribution in [3.63, 3.8) is 0 Å². The Morgan fingerprint density at radius 3 is 2.78 bits per heavy atom. The Morgan fingerprint density at radius 2 is 1.96 bits per heavy atom. The highest BCUT2D eigenvalue weighted by molar-refractivity contribution is 5.76. The molecule has 0 aliphatic rings. The van der Waals surface area contributed by atoms with Crippen LogP contribution in [0.4, 0.5) is 5.82 Å². The van der Waals surface area contributed by atoms with E-state index in [0.717, 1.165) is 28.0 Å². The number of aromatic nitrogens is 4. The number of imidazole rings is 1. The maximum Gasteiger partial charge on any atom is 0.231 e. The van der Waals surface area contributed by atoms with Crippen molar-refractivity contribution in [3.05, 3.63) is 54.6 Å². The molecule has 4 aromatic rings. The summed E-state index contributed by atoms with van der Waals surface area (Å²) in [7, 11) is 1.64. The largest absolute Gasteiger partial charge is 0.497 e. The van der Waals surface area contributed by atoms with Crippen LogP contribution in [-0.2, 0) is 0 Å². The third-order valence-corrected chi connectivity index (χ3v) is 3.68. The van der Waals surface area contributed by atoms with Crippen LogP contribution in [0, 0.1) is 0 Å². The predicted octanol–water partition coefficient (Wildman–Crippen LogP) is 3.01. The van der Waals surface area contributed by atoms with Crippen LogP contribution >= 0.6 is 0 Å². The van der Waals surface area contributed by atoms with Crippen molar-refractivity contribution in [2.24, 2.45) is 0 Å². The number of hydrogen-bond donors (Lipinski definition) is 2. The van der Waals surface area contributed by atoms with Crippen molar-refractivity contribution >= 4 is 16.9 Å². The molecule has 23 heavy (non-hydrogen) atoms. The van der Waals surface area contributed by atoms with Gasteiger partial charge in [0.1, 0.15) is 11.6 Å². The van der Waals surface area contributed by atoms with Crippen LogP contribution in [0.15, 0.2) is 54.6 Å². The van der Waals surface area contributed by atoms with Gasteiger partial charge in [0.05, 0.1) is 23.8 Å². The molecule has 0 amide bonds. The highest BCUT2D eigenvalue weighted by atomic mass is 16.5. The molecule has 6 heteroatoms. The minimum Gasteiger partial charge on any atom is -0.497 e. The predicted molar refractivity (Wildman–Crippen MR) is 89.6 cm³/mol. The third-order valence-electron chi connectivity index (χ3n) is 3.68. The van der Waals surface area contributed by atoms with Crippen LogP contribution in [0.5, 0.6) is 5.75 Å². The summed E-state index contributed by atoms with van der Waals surface area (Å²) in [6.07, 6.45) is 0. The molecule has 0 spiro atoms. The van der Waals surface area contributed by atoms with Crippen LogP contribution in [0.25, 0.3) is 28.2 Å². The number of nitrogens with two attached hydrogens (primary N) is 1. The van der Waals surface area contributed by atoms with Gasteiger partial charge in [-0.3, -0.25) is 0 Å². The minimum absolute atomic E-state index is 0.516. The smallest absolute Gasteiger partial charge is 0.231 e. The number of rotatable bonds is 3. The number of ether oxygens (including phenoxy) is 1. The van der Waals surface area contributed by atoms with Gasteiger partial charge in [-0.25, -0.2) is 4.98 Å². The summed E-state index contributed by atoms with van der Waals surface area (Å²) in [5.41, 5.74) is 9.63. The molecule has 2 aromatic carbocycles. The monoisotopic (exact) mass is 305 g/mol. The molecule has 0 bridgehead atoms. The minimum atomic E-state index is 0.516. The Morgan fingerprint density at radius 1 is 1.09 bits per heavy atom. The number of H-pyrrole nitrogens is 1. The molecular weight excluding hydrogens is 290 g/mol. The van der Waals surface area contributed by atoms with Crippen molar-refractivity contribution in [2.45, 2.75) is 0 Å². The number of nitrogens with one attached hydrogen (secondary N) is 1. The first-order valence-electron chi connectivity index (χ1n) is 7.20. The van der Waals surface area contributed by atoms with Gasteiger partial charge in [0.2, 0.25) is 5.95 Å². The molecule has 0 fully saturated rings. The van der Waals surface area contributed by atoms with Crippen LogP contribution < -0.4 is 10.5 Å². The summed E-state index contributed by atoms with van der Waals surface area (Å²) in [4.78, 5) is 7.75. The van der Waals surface area contributed by atoms with E-state index in [4.69, 9.17) is 10.5 Å². The molecule has 2 aromatic heterocycles. The summed E-state index contributed by atoms with van der Waals surface area (Å²) >= 11 is 0. The Labute approximate surface area is 132 Å². The number of methoxy groups -OCH3 is 1. The maximum absolute atomic E-state index is 6.11. The highest BCUT2D eigenvalue weighted by Crippen LogP contribution is 2.25. The first-order chi connectivity index (χ1) is 11.2. The van der Waals surface area contributed by atoms with E-state index in [-0.39, 0.29) is 0 Å². The summed E-state index contributed by atoms with van der Waals surface area (Å²) in [5, 5.41) is 4.56. The average Bonchev–Trinajstić information content (AvgIpc) is 3.18. The van der Waals surface area contributed by atoms with E-state index in [0.29, 0.717) is 11.8 Å².